The lowest BCUT2D eigenvalue weighted by molar-refractivity contribution is 0.615. The van der Waals surface area contributed by atoms with E-state index in [9.17, 15) is 4.39 Å². The van der Waals surface area contributed by atoms with Crippen molar-refractivity contribution >= 4 is 33.0 Å². The first kappa shape index (κ1) is 8.01. The van der Waals surface area contributed by atoms with E-state index in [0.717, 1.165) is 9.99 Å². The molecule has 62 valence electrons. The van der Waals surface area contributed by atoms with Crippen LogP contribution in [0.4, 0.5) is 4.39 Å². The standard InChI is InChI=1S/C7H3BrClFN2/c8-4-3-11-12-6(4)2-1-5(10)7(12)9/h1-3H. The van der Waals surface area contributed by atoms with Crippen LogP contribution in [0.15, 0.2) is 22.8 Å². The van der Waals surface area contributed by atoms with Crippen LogP contribution in [0.25, 0.3) is 5.52 Å². The smallest absolute Gasteiger partial charge is 0.166 e. The summed E-state index contributed by atoms with van der Waals surface area (Å²) in [5.74, 6) is -0.472. The summed E-state index contributed by atoms with van der Waals surface area (Å²) >= 11 is 8.91. The molecule has 0 saturated heterocycles. The Morgan fingerprint density at radius 1 is 1.50 bits per heavy atom. The van der Waals surface area contributed by atoms with Crippen molar-refractivity contribution < 1.29 is 4.39 Å². The van der Waals surface area contributed by atoms with Crippen molar-refractivity contribution in [3.63, 3.8) is 0 Å². The molecule has 2 nitrogen and oxygen atoms in total. The van der Waals surface area contributed by atoms with Crippen LogP contribution in [-0.4, -0.2) is 9.61 Å². The van der Waals surface area contributed by atoms with Crippen molar-refractivity contribution in [2.24, 2.45) is 0 Å². The Bertz CT molecular complexity index is 440. The van der Waals surface area contributed by atoms with Gasteiger partial charge >= 0.3 is 0 Å². The zero-order valence-electron chi connectivity index (χ0n) is 5.76. The van der Waals surface area contributed by atoms with Gasteiger partial charge in [0.2, 0.25) is 0 Å². The molecule has 0 aliphatic heterocycles. The van der Waals surface area contributed by atoms with Crippen LogP contribution in [-0.2, 0) is 0 Å². The molecule has 0 aromatic carbocycles. The molecule has 2 aromatic heterocycles. The van der Waals surface area contributed by atoms with Gasteiger partial charge in [-0.2, -0.15) is 5.10 Å². The Balaban J connectivity index is 2.93. The normalized spacial score (nSPS) is 10.9. The van der Waals surface area contributed by atoms with Crippen molar-refractivity contribution in [2.75, 3.05) is 0 Å². The SMILES string of the molecule is Fc1ccc2c(Br)cnn2c1Cl. The fraction of sp³-hybridized carbons (Fsp3) is 0. The quantitative estimate of drug-likeness (QED) is 0.656. The fourth-order valence-electron chi connectivity index (χ4n) is 0.967. The molecule has 0 aliphatic carbocycles. The molecule has 12 heavy (non-hydrogen) atoms. The zero-order valence-corrected chi connectivity index (χ0v) is 8.10. The Labute approximate surface area is 81.1 Å². The molecule has 5 heteroatoms. The lowest BCUT2D eigenvalue weighted by Gasteiger charge is -1.97. The number of hydrogen-bond donors (Lipinski definition) is 0. The number of pyridine rings is 1. The van der Waals surface area contributed by atoms with E-state index < -0.39 is 5.82 Å². The highest BCUT2D eigenvalue weighted by atomic mass is 79.9. The van der Waals surface area contributed by atoms with E-state index in [-0.39, 0.29) is 5.15 Å². The summed E-state index contributed by atoms with van der Waals surface area (Å²) in [4.78, 5) is 0. The Hall–Kier alpha value is -0.610. The van der Waals surface area contributed by atoms with Gasteiger partial charge in [0, 0.05) is 0 Å². The van der Waals surface area contributed by atoms with E-state index in [1.165, 1.54) is 10.6 Å². The van der Waals surface area contributed by atoms with Gasteiger partial charge in [0.15, 0.2) is 11.0 Å². The Kier molecular flexibility index (Phi) is 1.81. The van der Waals surface area contributed by atoms with E-state index in [4.69, 9.17) is 11.6 Å². The molecule has 0 atom stereocenters. The van der Waals surface area contributed by atoms with Gasteiger partial charge in [-0.25, -0.2) is 8.91 Å². The van der Waals surface area contributed by atoms with Crippen molar-refractivity contribution in [1.82, 2.24) is 9.61 Å². The van der Waals surface area contributed by atoms with Gasteiger partial charge in [0.05, 0.1) is 16.2 Å². The predicted octanol–water partition coefficient (Wildman–Crippen LogP) is 2.89. The van der Waals surface area contributed by atoms with E-state index in [2.05, 4.69) is 21.0 Å². The number of fused-ring (bicyclic) bond motifs is 1. The van der Waals surface area contributed by atoms with Crippen LogP contribution in [0, 0.1) is 5.82 Å². The van der Waals surface area contributed by atoms with Crippen LogP contribution in [0.5, 0.6) is 0 Å². The monoisotopic (exact) mass is 248 g/mol. The summed E-state index contributed by atoms with van der Waals surface area (Å²) in [6, 6.07) is 2.92. The molecule has 0 radical (unpaired) electrons. The van der Waals surface area contributed by atoms with Gasteiger partial charge in [-0.1, -0.05) is 11.6 Å². The molecule has 2 heterocycles. The maximum absolute atomic E-state index is 12.8. The van der Waals surface area contributed by atoms with Gasteiger partial charge in [-0.05, 0) is 28.1 Å². The lowest BCUT2D eigenvalue weighted by Crippen LogP contribution is -1.91. The highest BCUT2D eigenvalue weighted by Crippen LogP contribution is 2.22. The second-order valence-corrected chi connectivity index (χ2v) is 3.47. The Morgan fingerprint density at radius 3 is 3.00 bits per heavy atom. The first-order valence-corrected chi connectivity index (χ1v) is 4.34. The minimum absolute atomic E-state index is 0.00167. The van der Waals surface area contributed by atoms with Crippen molar-refractivity contribution in [1.29, 1.82) is 0 Å². The second kappa shape index (κ2) is 2.71. The maximum atomic E-state index is 12.8. The molecular weight excluding hydrogens is 246 g/mol. The highest BCUT2D eigenvalue weighted by molar-refractivity contribution is 9.10. The average molecular weight is 249 g/mol. The molecule has 2 aromatic rings. The minimum Gasteiger partial charge on any atom is -0.218 e. The van der Waals surface area contributed by atoms with Crippen LogP contribution < -0.4 is 0 Å². The van der Waals surface area contributed by atoms with Gasteiger partial charge in [0.25, 0.3) is 0 Å². The van der Waals surface area contributed by atoms with Gasteiger partial charge in [-0.15, -0.1) is 0 Å². The third kappa shape index (κ3) is 1.03. The number of aromatic nitrogens is 2. The number of halogens is 3. The third-order valence-corrected chi connectivity index (χ3v) is 2.48. The van der Waals surface area contributed by atoms with E-state index >= 15 is 0 Å². The van der Waals surface area contributed by atoms with Crippen LogP contribution in [0.2, 0.25) is 5.15 Å². The van der Waals surface area contributed by atoms with Gasteiger partial charge < -0.3 is 0 Å². The average Bonchev–Trinajstić information content (AvgIpc) is 2.41. The van der Waals surface area contributed by atoms with Crippen molar-refractivity contribution in [3.8, 4) is 0 Å². The first-order valence-electron chi connectivity index (χ1n) is 3.17. The Morgan fingerprint density at radius 2 is 2.25 bits per heavy atom. The van der Waals surface area contributed by atoms with E-state index in [1.807, 2.05) is 0 Å². The minimum atomic E-state index is -0.472. The summed E-state index contributed by atoms with van der Waals surface area (Å²) < 4.78 is 15.0. The van der Waals surface area contributed by atoms with Crippen LogP contribution >= 0.6 is 27.5 Å². The summed E-state index contributed by atoms with van der Waals surface area (Å²) in [5.41, 5.74) is 0.751. The summed E-state index contributed by atoms with van der Waals surface area (Å²) in [6.07, 6.45) is 1.57. The largest absolute Gasteiger partial charge is 0.218 e. The summed E-state index contributed by atoms with van der Waals surface area (Å²) in [6.45, 7) is 0. The van der Waals surface area contributed by atoms with Crippen LogP contribution in [0.1, 0.15) is 0 Å². The maximum Gasteiger partial charge on any atom is 0.166 e. The predicted molar refractivity (Wildman–Crippen MR) is 47.9 cm³/mol. The summed E-state index contributed by atoms with van der Waals surface area (Å²) in [5, 5.41) is 3.87. The topological polar surface area (TPSA) is 17.3 Å². The fourth-order valence-corrected chi connectivity index (χ4v) is 1.56. The second-order valence-electron chi connectivity index (χ2n) is 2.26. The van der Waals surface area contributed by atoms with E-state index in [1.54, 1.807) is 12.3 Å². The highest BCUT2D eigenvalue weighted by Gasteiger charge is 2.07. The molecule has 0 unspecified atom stereocenters. The molecule has 0 N–H and O–H groups in total. The molecule has 0 amide bonds. The molecule has 2 rings (SSSR count). The number of rotatable bonds is 0. The molecule has 0 spiro atoms. The molecule has 0 aliphatic rings. The first-order chi connectivity index (χ1) is 5.70. The molecular formula is C7H3BrClFN2. The lowest BCUT2D eigenvalue weighted by atomic mass is 10.4. The summed E-state index contributed by atoms with van der Waals surface area (Å²) in [7, 11) is 0. The van der Waals surface area contributed by atoms with Gasteiger partial charge in [-0.3, -0.25) is 0 Å². The molecule has 0 fully saturated rings. The zero-order chi connectivity index (χ0) is 8.72. The van der Waals surface area contributed by atoms with Gasteiger partial charge in [0.1, 0.15) is 0 Å². The molecule has 0 bridgehead atoms. The third-order valence-electron chi connectivity index (χ3n) is 1.53. The number of hydrogen-bond acceptors (Lipinski definition) is 1. The van der Waals surface area contributed by atoms with E-state index in [0.29, 0.717) is 0 Å². The number of nitrogens with zero attached hydrogens (tertiary/aromatic N) is 2. The van der Waals surface area contributed by atoms with Crippen LogP contribution in [0.3, 0.4) is 0 Å². The molecule has 0 saturated carbocycles. The van der Waals surface area contributed by atoms with Crippen molar-refractivity contribution in [2.45, 2.75) is 0 Å². The van der Waals surface area contributed by atoms with Crippen molar-refractivity contribution in [3.05, 3.63) is 33.8 Å².